The van der Waals surface area contributed by atoms with E-state index in [9.17, 15) is 4.79 Å². The van der Waals surface area contributed by atoms with E-state index < -0.39 is 0 Å². The monoisotopic (exact) mass is 453 g/mol. The quantitative estimate of drug-likeness (QED) is 0.406. The number of tetrazole rings is 1. The van der Waals surface area contributed by atoms with E-state index >= 15 is 0 Å². The van der Waals surface area contributed by atoms with Gasteiger partial charge in [-0.2, -0.15) is 10.2 Å². The van der Waals surface area contributed by atoms with Crippen LogP contribution in [0.25, 0.3) is 11.4 Å². The highest BCUT2D eigenvalue weighted by molar-refractivity contribution is 6.02. The van der Waals surface area contributed by atoms with Gasteiger partial charge in [-0.1, -0.05) is 42.5 Å². The fraction of sp³-hybridized carbons (Fsp3) is 0.167. The van der Waals surface area contributed by atoms with Crippen LogP contribution in [0.3, 0.4) is 0 Å². The summed E-state index contributed by atoms with van der Waals surface area (Å²) >= 11 is 0. The molecule has 0 bridgehead atoms. The molecule has 0 fully saturated rings. The third-order valence-electron chi connectivity index (χ3n) is 5.25. The lowest BCUT2D eigenvalue weighted by atomic mass is 10.2. The van der Waals surface area contributed by atoms with Crippen molar-refractivity contribution in [2.75, 3.05) is 5.32 Å². The molecular formula is C24H23N9O. The van der Waals surface area contributed by atoms with Crippen molar-refractivity contribution in [3.8, 4) is 11.4 Å². The van der Waals surface area contributed by atoms with Gasteiger partial charge in [0.1, 0.15) is 0 Å². The zero-order chi connectivity index (χ0) is 23.5. The van der Waals surface area contributed by atoms with Crippen LogP contribution in [-0.2, 0) is 13.2 Å². The van der Waals surface area contributed by atoms with Gasteiger partial charge < -0.3 is 5.32 Å². The molecule has 0 radical (unpaired) electrons. The summed E-state index contributed by atoms with van der Waals surface area (Å²) in [6.07, 6.45) is 1.71. The van der Waals surface area contributed by atoms with Crippen molar-refractivity contribution in [3.05, 3.63) is 95.6 Å². The van der Waals surface area contributed by atoms with Crippen molar-refractivity contribution in [3.63, 3.8) is 0 Å². The Balaban J connectivity index is 1.23. The largest absolute Gasteiger partial charge is 0.321 e. The van der Waals surface area contributed by atoms with Crippen molar-refractivity contribution < 1.29 is 4.79 Å². The first kappa shape index (κ1) is 21.3. The van der Waals surface area contributed by atoms with Gasteiger partial charge in [-0.3, -0.25) is 9.48 Å². The lowest BCUT2D eigenvalue weighted by Crippen LogP contribution is -2.16. The maximum absolute atomic E-state index is 12.7. The molecule has 1 amide bonds. The second-order valence-electron chi connectivity index (χ2n) is 7.97. The summed E-state index contributed by atoms with van der Waals surface area (Å²) in [6.45, 7) is 4.87. The molecule has 0 spiro atoms. The molecule has 1 N–H and O–H groups in total. The number of carbonyl (C=O) groups excluding carboxylic acids is 1. The summed E-state index contributed by atoms with van der Waals surface area (Å²) < 4.78 is 3.53. The predicted molar refractivity (Wildman–Crippen MR) is 126 cm³/mol. The van der Waals surface area contributed by atoms with Gasteiger partial charge in [0.05, 0.1) is 12.2 Å². The fourth-order valence-corrected chi connectivity index (χ4v) is 3.65. The van der Waals surface area contributed by atoms with Crippen molar-refractivity contribution in [1.29, 1.82) is 0 Å². The second-order valence-corrected chi connectivity index (χ2v) is 7.97. The molecule has 5 aromatic rings. The third kappa shape index (κ3) is 4.75. The molecule has 0 saturated carbocycles. The van der Waals surface area contributed by atoms with Gasteiger partial charge in [-0.25, -0.2) is 4.68 Å². The van der Waals surface area contributed by atoms with Crippen LogP contribution in [0, 0.1) is 13.8 Å². The van der Waals surface area contributed by atoms with Crippen LogP contribution in [0.4, 0.5) is 5.69 Å². The van der Waals surface area contributed by atoms with Gasteiger partial charge in [0, 0.05) is 23.1 Å². The van der Waals surface area contributed by atoms with Crippen LogP contribution in [0.1, 0.15) is 27.4 Å². The van der Waals surface area contributed by atoms with E-state index in [1.165, 1.54) is 4.80 Å². The van der Waals surface area contributed by atoms with Crippen LogP contribution in [-0.4, -0.2) is 45.7 Å². The number of hydrogen-bond acceptors (Lipinski definition) is 6. The van der Waals surface area contributed by atoms with E-state index in [1.54, 1.807) is 16.9 Å². The summed E-state index contributed by atoms with van der Waals surface area (Å²) in [5, 5.41) is 24.3. The normalized spacial score (nSPS) is 11.0. The van der Waals surface area contributed by atoms with Gasteiger partial charge in [-0.05, 0) is 48.9 Å². The molecule has 170 valence electrons. The van der Waals surface area contributed by atoms with Crippen LogP contribution < -0.4 is 5.32 Å². The smallest absolute Gasteiger partial charge is 0.276 e. The minimum absolute atomic E-state index is 0.241. The summed E-state index contributed by atoms with van der Waals surface area (Å²) in [4.78, 5) is 14.2. The van der Waals surface area contributed by atoms with Crippen molar-refractivity contribution >= 4 is 11.6 Å². The Bertz CT molecular complexity index is 1430. The molecular weight excluding hydrogens is 430 g/mol. The number of aromatic nitrogens is 8. The Morgan fingerprint density at radius 1 is 0.941 bits per heavy atom. The molecule has 0 aliphatic heterocycles. The van der Waals surface area contributed by atoms with E-state index in [0.29, 0.717) is 23.8 Å². The van der Waals surface area contributed by atoms with E-state index in [2.05, 4.69) is 30.9 Å². The molecule has 5 rings (SSSR count). The highest BCUT2D eigenvalue weighted by Gasteiger charge is 2.12. The first-order valence-corrected chi connectivity index (χ1v) is 10.8. The molecule has 0 aliphatic carbocycles. The standard InChI is InChI=1S/C24H23N9O/c1-17-13-18(2)32(27-17)15-19-7-6-10-21(14-19)25-24(34)22-11-12-31(28-22)16-33-29-23(26-30-33)20-8-4-3-5-9-20/h3-14H,15-16H2,1-2H3,(H,25,34). The van der Waals surface area contributed by atoms with Crippen molar-refractivity contribution in [2.45, 2.75) is 27.1 Å². The summed E-state index contributed by atoms with van der Waals surface area (Å²) in [6, 6.07) is 21.0. The average Bonchev–Trinajstić information content (AvgIpc) is 3.56. The highest BCUT2D eigenvalue weighted by atomic mass is 16.2. The number of rotatable bonds is 7. The maximum atomic E-state index is 12.7. The highest BCUT2D eigenvalue weighted by Crippen LogP contribution is 2.15. The predicted octanol–water partition coefficient (Wildman–Crippen LogP) is 3.16. The van der Waals surface area contributed by atoms with Gasteiger partial charge >= 0.3 is 0 Å². The molecule has 34 heavy (non-hydrogen) atoms. The number of amides is 1. The van der Waals surface area contributed by atoms with Gasteiger partial charge in [0.25, 0.3) is 5.91 Å². The summed E-state index contributed by atoms with van der Waals surface area (Å²) in [5.41, 5.74) is 5.00. The molecule has 0 atom stereocenters. The number of nitrogens with zero attached hydrogens (tertiary/aromatic N) is 8. The van der Waals surface area contributed by atoms with Crippen LogP contribution in [0.15, 0.2) is 72.9 Å². The van der Waals surface area contributed by atoms with Crippen LogP contribution >= 0.6 is 0 Å². The van der Waals surface area contributed by atoms with E-state index in [-0.39, 0.29) is 12.6 Å². The Hall–Kier alpha value is -4.60. The minimum atomic E-state index is -0.293. The van der Waals surface area contributed by atoms with Crippen LogP contribution in [0.2, 0.25) is 0 Å². The Labute approximate surface area is 195 Å². The molecule has 3 heterocycles. The van der Waals surface area contributed by atoms with E-state index in [0.717, 1.165) is 22.5 Å². The Morgan fingerprint density at radius 3 is 2.59 bits per heavy atom. The fourth-order valence-electron chi connectivity index (χ4n) is 3.65. The van der Waals surface area contributed by atoms with Crippen molar-refractivity contribution in [1.82, 2.24) is 39.8 Å². The maximum Gasteiger partial charge on any atom is 0.276 e. The molecule has 0 saturated heterocycles. The number of aryl methyl sites for hydroxylation is 2. The first-order chi connectivity index (χ1) is 16.5. The number of nitrogens with one attached hydrogen (secondary N) is 1. The molecule has 0 aliphatic rings. The second kappa shape index (κ2) is 9.10. The number of carbonyl (C=O) groups is 1. The number of hydrogen-bond donors (Lipinski definition) is 1. The molecule has 0 unspecified atom stereocenters. The van der Waals surface area contributed by atoms with E-state index in [4.69, 9.17) is 0 Å². The van der Waals surface area contributed by atoms with Crippen LogP contribution in [0.5, 0.6) is 0 Å². The summed E-state index contributed by atoms with van der Waals surface area (Å²) in [7, 11) is 0. The zero-order valence-corrected chi connectivity index (χ0v) is 18.8. The third-order valence-corrected chi connectivity index (χ3v) is 5.25. The van der Waals surface area contributed by atoms with E-state index in [1.807, 2.05) is 79.2 Å². The number of anilines is 1. The molecule has 10 nitrogen and oxygen atoms in total. The number of benzene rings is 2. The van der Waals surface area contributed by atoms with Gasteiger partial charge in [0.2, 0.25) is 5.82 Å². The Kier molecular flexibility index (Phi) is 5.69. The first-order valence-electron chi connectivity index (χ1n) is 10.8. The zero-order valence-electron chi connectivity index (χ0n) is 18.8. The summed E-state index contributed by atoms with van der Waals surface area (Å²) in [5.74, 6) is 0.240. The average molecular weight is 454 g/mol. The minimum Gasteiger partial charge on any atom is -0.321 e. The molecule has 3 aromatic heterocycles. The molecule has 2 aromatic carbocycles. The SMILES string of the molecule is Cc1cc(C)n(Cc2cccc(NC(=O)c3ccn(Cn4nnc(-c5ccccc5)n4)n3)c2)n1. The van der Waals surface area contributed by atoms with Gasteiger partial charge in [0.15, 0.2) is 12.4 Å². The lowest BCUT2D eigenvalue weighted by molar-refractivity contribution is 0.102. The van der Waals surface area contributed by atoms with Gasteiger partial charge in [-0.15, -0.1) is 15.0 Å². The Morgan fingerprint density at radius 2 is 1.79 bits per heavy atom. The topological polar surface area (TPSA) is 108 Å². The van der Waals surface area contributed by atoms with Crippen molar-refractivity contribution in [2.24, 2.45) is 0 Å². The molecule has 10 heteroatoms. The lowest BCUT2D eigenvalue weighted by Gasteiger charge is -2.08.